The van der Waals surface area contributed by atoms with Crippen molar-refractivity contribution in [1.29, 1.82) is 0 Å². The molecule has 2 amide bonds. The number of rotatable bonds is 3. The Morgan fingerprint density at radius 2 is 1.73 bits per heavy atom. The zero-order valence-corrected chi connectivity index (χ0v) is 17.0. The van der Waals surface area contributed by atoms with Crippen LogP contribution in [0.15, 0.2) is 47.3 Å². The second-order valence-corrected chi connectivity index (χ2v) is 8.24. The van der Waals surface area contributed by atoms with Gasteiger partial charge in [-0.15, -0.1) is 0 Å². The lowest BCUT2D eigenvalue weighted by Crippen LogP contribution is -2.37. The van der Waals surface area contributed by atoms with Gasteiger partial charge in [-0.1, -0.05) is 0 Å². The van der Waals surface area contributed by atoms with Crippen LogP contribution in [-0.4, -0.2) is 57.4 Å². The molecule has 7 nitrogen and oxygen atoms in total. The maximum Gasteiger partial charge on any atom is 0.289 e. The number of furan rings is 1. The Bertz CT molecular complexity index is 1040. The Labute approximate surface area is 175 Å². The molecule has 0 aromatic carbocycles. The number of nitrogens with zero attached hydrogens (tertiary/aromatic N) is 4. The first-order valence-corrected chi connectivity index (χ1v) is 10.8. The number of fused-ring (bicyclic) bond motifs is 1. The lowest BCUT2D eigenvalue weighted by molar-refractivity contribution is 0.0679. The van der Waals surface area contributed by atoms with E-state index in [9.17, 15) is 9.59 Å². The number of hydrogen-bond donors (Lipinski definition) is 0. The first-order valence-electron chi connectivity index (χ1n) is 10.8. The van der Waals surface area contributed by atoms with E-state index in [1.54, 1.807) is 22.8 Å². The standard InChI is InChI=1S/C23H26N4O3/c28-22(25-9-2-1-3-10-25)19-16-24-27-13-8-18(15-20(19)27)17-6-11-26(12-7-17)23(29)21-5-4-14-30-21/h4-5,8,13-17H,1-3,6-7,9-12H2. The van der Waals surface area contributed by atoms with Crippen molar-refractivity contribution in [1.82, 2.24) is 19.4 Å². The Morgan fingerprint density at radius 3 is 2.47 bits per heavy atom. The van der Waals surface area contributed by atoms with Crippen molar-refractivity contribution in [3.8, 4) is 0 Å². The molecule has 156 valence electrons. The second kappa shape index (κ2) is 7.97. The van der Waals surface area contributed by atoms with Crippen molar-refractivity contribution in [3.05, 3.63) is 59.8 Å². The SMILES string of the molecule is O=C(c1ccco1)N1CCC(c2ccn3ncc(C(=O)N4CCCCC4)c3c2)CC1. The number of carbonyl (C=O) groups is 2. The van der Waals surface area contributed by atoms with Crippen molar-refractivity contribution < 1.29 is 14.0 Å². The van der Waals surface area contributed by atoms with Crippen molar-refractivity contribution in [3.63, 3.8) is 0 Å². The molecule has 0 N–H and O–H groups in total. The summed E-state index contributed by atoms with van der Waals surface area (Å²) in [6.45, 7) is 3.07. The summed E-state index contributed by atoms with van der Waals surface area (Å²) < 4.78 is 7.04. The van der Waals surface area contributed by atoms with E-state index in [1.165, 1.54) is 18.2 Å². The Kier molecular flexibility index (Phi) is 5.02. The van der Waals surface area contributed by atoms with E-state index in [2.05, 4.69) is 17.2 Å². The van der Waals surface area contributed by atoms with Gasteiger partial charge in [0.15, 0.2) is 5.76 Å². The molecule has 3 aromatic heterocycles. The topological polar surface area (TPSA) is 71.1 Å². The van der Waals surface area contributed by atoms with Crippen LogP contribution in [-0.2, 0) is 0 Å². The van der Waals surface area contributed by atoms with Crippen molar-refractivity contribution in [2.45, 2.75) is 38.0 Å². The maximum absolute atomic E-state index is 13.0. The van der Waals surface area contributed by atoms with Crippen molar-refractivity contribution in [2.24, 2.45) is 0 Å². The number of carbonyl (C=O) groups excluding carboxylic acids is 2. The van der Waals surface area contributed by atoms with Gasteiger partial charge in [-0.3, -0.25) is 9.59 Å². The van der Waals surface area contributed by atoms with Crippen LogP contribution in [0.3, 0.4) is 0 Å². The summed E-state index contributed by atoms with van der Waals surface area (Å²) in [4.78, 5) is 29.3. The summed E-state index contributed by atoms with van der Waals surface area (Å²) in [6, 6.07) is 7.65. The van der Waals surface area contributed by atoms with Crippen LogP contribution in [0.1, 0.15) is 64.5 Å². The Balaban J connectivity index is 1.32. The number of piperidine rings is 2. The van der Waals surface area contributed by atoms with E-state index in [0.717, 1.165) is 44.3 Å². The van der Waals surface area contributed by atoms with Gasteiger partial charge in [-0.25, -0.2) is 4.52 Å². The number of amides is 2. The highest BCUT2D eigenvalue weighted by Crippen LogP contribution is 2.30. The van der Waals surface area contributed by atoms with E-state index in [-0.39, 0.29) is 11.8 Å². The third kappa shape index (κ3) is 3.49. The molecule has 2 saturated heterocycles. The fourth-order valence-electron chi connectivity index (χ4n) is 4.66. The van der Waals surface area contributed by atoms with E-state index in [0.29, 0.717) is 30.3 Å². The first kappa shape index (κ1) is 18.9. The van der Waals surface area contributed by atoms with Gasteiger partial charge >= 0.3 is 0 Å². The van der Waals surface area contributed by atoms with Crippen LogP contribution in [0, 0.1) is 0 Å². The zero-order valence-electron chi connectivity index (χ0n) is 17.0. The predicted octanol–water partition coefficient (Wildman–Crippen LogP) is 3.57. The Hall–Kier alpha value is -3.09. The molecule has 2 fully saturated rings. The van der Waals surface area contributed by atoms with Crippen LogP contribution >= 0.6 is 0 Å². The summed E-state index contributed by atoms with van der Waals surface area (Å²) in [6.07, 6.45) is 10.3. The molecule has 2 aliphatic rings. The van der Waals surface area contributed by atoms with Gasteiger partial charge in [0.1, 0.15) is 0 Å². The van der Waals surface area contributed by atoms with Crippen LogP contribution in [0.5, 0.6) is 0 Å². The minimum Gasteiger partial charge on any atom is -0.459 e. The van der Waals surface area contributed by atoms with Gasteiger partial charge in [0.05, 0.1) is 23.5 Å². The molecule has 0 radical (unpaired) electrons. The molecule has 5 rings (SSSR count). The van der Waals surface area contributed by atoms with Crippen LogP contribution < -0.4 is 0 Å². The lowest BCUT2D eigenvalue weighted by atomic mass is 9.89. The minimum atomic E-state index is -0.0425. The van der Waals surface area contributed by atoms with Crippen LogP contribution in [0.25, 0.3) is 5.52 Å². The first-order chi connectivity index (χ1) is 14.7. The highest BCUT2D eigenvalue weighted by Gasteiger charge is 2.27. The Morgan fingerprint density at radius 1 is 0.967 bits per heavy atom. The molecule has 3 aromatic rings. The van der Waals surface area contributed by atoms with Gasteiger partial charge in [0.25, 0.3) is 11.8 Å². The fraction of sp³-hybridized carbons (Fsp3) is 0.435. The molecule has 0 unspecified atom stereocenters. The molecular weight excluding hydrogens is 380 g/mol. The van der Waals surface area contributed by atoms with Gasteiger partial charge in [0.2, 0.25) is 0 Å². The average Bonchev–Trinajstić information content (AvgIpc) is 3.49. The molecular formula is C23H26N4O3. The second-order valence-electron chi connectivity index (χ2n) is 8.24. The van der Waals surface area contributed by atoms with Gasteiger partial charge in [-0.2, -0.15) is 5.10 Å². The molecule has 0 spiro atoms. The molecule has 0 bridgehead atoms. The third-order valence-electron chi connectivity index (χ3n) is 6.40. The molecule has 0 atom stereocenters. The number of pyridine rings is 1. The fourth-order valence-corrected chi connectivity index (χ4v) is 4.66. The van der Waals surface area contributed by atoms with Gasteiger partial charge in [0, 0.05) is 32.4 Å². The molecule has 5 heterocycles. The molecule has 0 saturated carbocycles. The smallest absolute Gasteiger partial charge is 0.289 e. The quantitative estimate of drug-likeness (QED) is 0.667. The van der Waals surface area contributed by atoms with E-state index >= 15 is 0 Å². The largest absolute Gasteiger partial charge is 0.459 e. The molecule has 0 aliphatic carbocycles. The lowest BCUT2D eigenvalue weighted by Gasteiger charge is -2.31. The van der Waals surface area contributed by atoms with E-state index in [4.69, 9.17) is 4.42 Å². The highest BCUT2D eigenvalue weighted by molar-refractivity contribution is 6.00. The summed E-state index contributed by atoms with van der Waals surface area (Å²) >= 11 is 0. The summed E-state index contributed by atoms with van der Waals surface area (Å²) in [5, 5.41) is 4.39. The highest BCUT2D eigenvalue weighted by atomic mass is 16.3. The number of hydrogen-bond acceptors (Lipinski definition) is 4. The number of likely N-dealkylation sites (tertiary alicyclic amines) is 2. The van der Waals surface area contributed by atoms with Crippen LogP contribution in [0.4, 0.5) is 0 Å². The van der Waals surface area contributed by atoms with E-state index < -0.39 is 0 Å². The molecule has 7 heteroatoms. The predicted molar refractivity (Wildman–Crippen MR) is 112 cm³/mol. The van der Waals surface area contributed by atoms with Crippen molar-refractivity contribution >= 4 is 17.3 Å². The minimum absolute atomic E-state index is 0.0425. The van der Waals surface area contributed by atoms with E-state index in [1.807, 2.05) is 16.0 Å². The summed E-state index contributed by atoms with van der Waals surface area (Å²) in [5.41, 5.74) is 2.77. The van der Waals surface area contributed by atoms with Gasteiger partial charge < -0.3 is 14.2 Å². The summed E-state index contributed by atoms with van der Waals surface area (Å²) in [5.74, 6) is 0.804. The average molecular weight is 406 g/mol. The number of aromatic nitrogens is 2. The van der Waals surface area contributed by atoms with Gasteiger partial charge in [-0.05, 0) is 67.9 Å². The maximum atomic E-state index is 13.0. The van der Waals surface area contributed by atoms with Crippen LogP contribution in [0.2, 0.25) is 0 Å². The normalized spacial score (nSPS) is 18.1. The molecule has 2 aliphatic heterocycles. The monoisotopic (exact) mass is 406 g/mol. The van der Waals surface area contributed by atoms with Crippen molar-refractivity contribution in [2.75, 3.05) is 26.2 Å². The summed E-state index contributed by atoms with van der Waals surface area (Å²) in [7, 11) is 0. The molecule has 30 heavy (non-hydrogen) atoms. The zero-order chi connectivity index (χ0) is 20.5. The third-order valence-corrected chi connectivity index (χ3v) is 6.40.